The summed E-state index contributed by atoms with van der Waals surface area (Å²) in [5.41, 5.74) is 1.49. The minimum absolute atomic E-state index is 0.211. The van der Waals surface area contributed by atoms with Crippen molar-refractivity contribution in [3.05, 3.63) is 86.9 Å². The van der Waals surface area contributed by atoms with Crippen LogP contribution in [0, 0.1) is 0 Å². The third kappa shape index (κ3) is 5.95. The van der Waals surface area contributed by atoms with Gasteiger partial charge >= 0.3 is 6.03 Å². The summed E-state index contributed by atoms with van der Waals surface area (Å²) in [5, 5.41) is 2.84. The second-order valence-corrected chi connectivity index (χ2v) is 9.12. The fourth-order valence-electron chi connectivity index (χ4n) is 3.62. The minimum atomic E-state index is -0.832. The zero-order chi connectivity index (χ0) is 26.5. The Hall–Kier alpha value is -3.82. The Bertz CT molecular complexity index is 1370. The van der Waals surface area contributed by atoms with Crippen molar-refractivity contribution in [1.82, 2.24) is 5.32 Å². The average molecular weight is 586 g/mol. The molecule has 0 unspecified atom stereocenters. The third-order valence-electron chi connectivity index (χ3n) is 5.37. The van der Waals surface area contributed by atoms with E-state index in [0.29, 0.717) is 44.6 Å². The van der Waals surface area contributed by atoms with E-state index in [2.05, 4.69) is 21.2 Å². The lowest BCUT2D eigenvalue weighted by Gasteiger charge is -2.26. The summed E-state index contributed by atoms with van der Waals surface area (Å²) in [6, 6.07) is 16.2. The highest BCUT2D eigenvalue weighted by Gasteiger charge is 2.37. The Morgan fingerprint density at radius 3 is 2.35 bits per heavy atom. The molecule has 190 valence electrons. The lowest BCUT2D eigenvalue weighted by molar-refractivity contribution is -0.122. The molecule has 0 radical (unpaired) electrons. The van der Waals surface area contributed by atoms with Gasteiger partial charge in [0.1, 0.15) is 17.9 Å². The summed E-state index contributed by atoms with van der Waals surface area (Å²) in [6.45, 7) is 2.60. The molecule has 4 rings (SSSR count). The van der Waals surface area contributed by atoms with Crippen LogP contribution in [0.1, 0.15) is 18.1 Å². The highest BCUT2D eigenvalue weighted by Crippen LogP contribution is 2.38. The molecule has 1 heterocycles. The lowest BCUT2D eigenvalue weighted by Crippen LogP contribution is -2.54. The van der Waals surface area contributed by atoms with Crippen LogP contribution in [0.25, 0.3) is 6.08 Å². The van der Waals surface area contributed by atoms with Gasteiger partial charge in [-0.3, -0.25) is 14.9 Å². The molecule has 1 fully saturated rings. The molecule has 3 aromatic rings. The Kier molecular flexibility index (Phi) is 8.15. The number of anilines is 1. The number of nitrogens with zero attached hydrogens (tertiary/aromatic N) is 1. The number of methoxy groups -OCH3 is 1. The van der Waals surface area contributed by atoms with Crippen LogP contribution in [0.5, 0.6) is 17.2 Å². The quantitative estimate of drug-likeness (QED) is 0.267. The summed E-state index contributed by atoms with van der Waals surface area (Å²) >= 11 is 9.42. The highest BCUT2D eigenvalue weighted by molar-refractivity contribution is 9.10. The van der Waals surface area contributed by atoms with Gasteiger partial charge in [-0.25, -0.2) is 9.69 Å². The van der Waals surface area contributed by atoms with Crippen LogP contribution < -0.4 is 24.4 Å². The number of amides is 4. The molecule has 10 heteroatoms. The normalized spacial score (nSPS) is 14.5. The number of nitrogens with one attached hydrogen (secondary N) is 1. The molecule has 0 spiro atoms. The fourth-order valence-corrected chi connectivity index (χ4v) is 4.32. The Labute approximate surface area is 226 Å². The van der Waals surface area contributed by atoms with Gasteiger partial charge in [-0.05, 0) is 88.6 Å². The van der Waals surface area contributed by atoms with Gasteiger partial charge in [-0.1, -0.05) is 23.7 Å². The Morgan fingerprint density at radius 1 is 1.00 bits per heavy atom. The van der Waals surface area contributed by atoms with E-state index in [4.69, 9.17) is 25.8 Å². The molecule has 1 saturated heterocycles. The highest BCUT2D eigenvalue weighted by atomic mass is 79.9. The third-order valence-corrected chi connectivity index (χ3v) is 6.21. The predicted octanol–water partition coefficient (Wildman–Crippen LogP) is 5.76. The van der Waals surface area contributed by atoms with E-state index in [1.807, 2.05) is 19.1 Å². The number of ether oxygens (including phenoxy) is 3. The molecular formula is C27H22BrClN2O6. The van der Waals surface area contributed by atoms with Crippen LogP contribution in [-0.2, 0) is 16.2 Å². The van der Waals surface area contributed by atoms with Crippen molar-refractivity contribution in [2.24, 2.45) is 0 Å². The Morgan fingerprint density at radius 2 is 1.70 bits per heavy atom. The van der Waals surface area contributed by atoms with E-state index in [1.54, 1.807) is 48.5 Å². The van der Waals surface area contributed by atoms with Crippen LogP contribution in [0.3, 0.4) is 0 Å². The average Bonchev–Trinajstić information content (AvgIpc) is 2.87. The van der Waals surface area contributed by atoms with E-state index in [9.17, 15) is 14.4 Å². The van der Waals surface area contributed by atoms with Gasteiger partial charge in [-0.2, -0.15) is 0 Å². The molecule has 0 aliphatic carbocycles. The van der Waals surface area contributed by atoms with Gasteiger partial charge in [0.15, 0.2) is 11.5 Å². The van der Waals surface area contributed by atoms with Crippen molar-refractivity contribution in [3.63, 3.8) is 0 Å². The number of carbonyl (C=O) groups excluding carboxylic acids is 3. The number of hydrogen-bond donors (Lipinski definition) is 1. The van der Waals surface area contributed by atoms with Crippen LogP contribution in [-0.4, -0.2) is 31.6 Å². The molecule has 0 bridgehead atoms. The van der Waals surface area contributed by atoms with Gasteiger partial charge in [0, 0.05) is 5.02 Å². The monoisotopic (exact) mass is 584 g/mol. The predicted molar refractivity (Wildman–Crippen MR) is 143 cm³/mol. The van der Waals surface area contributed by atoms with Gasteiger partial charge in [0.2, 0.25) is 0 Å². The number of halogens is 2. The van der Waals surface area contributed by atoms with E-state index < -0.39 is 17.8 Å². The maximum Gasteiger partial charge on any atom is 0.335 e. The first-order chi connectivity index (χ1) is 17.8. The SMILES string of the molecule is CCOc1ccc(N2C(=O)NC(=O)/C(=C/c3cc(Br)c(OCc4ccc(Cl)cc4)c(OC)c3)C2=O)cc1. The first-order valence-electron chi connectivity index (χ1n) is 11.2. The number of carbonyl (C=O) groups is 3. The summed E-state index contributed by atoms with van der Waals surface area (Å²) < 4.78 is 17.4. The van der Waals surface area contributed by atoms with E-state index in [0.717, 1.165) is 10.5 Å². The van der Waals surface area contributed by atoms with Crippen LogP contribution >= 0.6 is 27.5 Å². The molecule has 0 aromatic heterocycles. The van der Waals surface area contributed by atoms with Crippen LogP contribution in [0.2, 0.25) is 5.02 Å². The summed E-state index contributed by atoms with van der Waals surface area (Å²) in [5.74, 6) is -0.117. The van der Waals surface area contributed by atoms with E-state index in [1.165, 1.54) is 13.2 Å². The number of barbiturate groups is 1. The smallest absolute Gasteiger partial charge is 0.335 e. The van der Waals surface area contributed by atoms with Gasteiger partial charge in [0.05, 0.1) is 23.9 Å². The largest absolute Gasteiger partial charge is 0.494 e. The second kappa shape index (κ2) is 11.5. The molecule has 0 atom stereocenters. The maximum atomic E-state index is 13.2. The molecule has 4 amide bonds. The van der Waals surface area contributed by atoms with Crippen LogP contribution in [0.15, 0.2) is 70.7 Å². The molecule has 37 heavy (non-hydrogen) atoms. The van der Waals surface area contributed by atoms with Crippen molar-refractivity contribution >= 4 is 57.1 Å². The molecule has 1 N–H and O–H groups in total. The molecule has 3 aromatic carbocycles. The van der Waals surface area contributed by atoms with Gasteiger partial charge in [0.25, 0.3) is 11.8 Å². The number of hydrogen-bond acceptors (Lipinski definition) is 6. The minimum Gasteiger partial charge on any atom is -0.494 e. The first-order valence-corrected chi connectivity index (χ1v) is 12.4. The fraction of sp³-hybridized carbons (Fsp3) is 0.148. The van der Waals surface area contributed by atoms with Crippen molar-refractivity contribution < 1.29 is 28.6 Å². The zero-order valence-corrected chi connectivity index (χ0v) is 22.3. The number of rotatable bonds is 8. The van der Waals surface area contributed by atoms with Crippen molar-refractivity contribution in [3.8, 4) is 17.2 Å². The zero-order valence-electron chi connectivity index (χ0n) is 19.9. The van der Waals surface area contributed by atoms with Crippen molar-refractivity contribution in [1.29, 1.82) is 0 Å². The molecule has 1 aliphatic heterocycles. The molecular weight excluding hydrogens is 564 g/mol. The molecule has 1 aliphatic rings. The number of benzene rings is 3. The van der Waals surface area contributed by atoms with Crippen molar-refractivity contribution in [2.45, 2.75) is 13.5 Å². The lowest BCUT2D eigenvalue weighted by atomic mass is 10.1. The van der Waals surface area contributed by atoms with Crippen LogP contribution in [0.4, 0.5) is 10.5 Å². The van der Waals surface area contributed by atoms with Gasteiger partial charge in [-0.15, -0.1) is 0 Å². The topological polar surface area (TPSA) is 94.2 Å². The number of urea groups is 1. The van der Waals surface area contributed by atoms with E-state index in [-0.39, 0.29) is 12.2 Å². The Balaban J connectivity index is 1.61. The number of imide groups is 2. The van der Waals surface area contributed by atoms with E-state index >= 15 is 0 Å². The summed E-state index contributed by atoms with van der Waals surface area (Å²) in [4.78, 5) is 39.2. The summed E-state index contributed by atoms with van der Waals surface area (Å²) in [7, 11) is 1.48. The standard InChI is InChI=1S/C27H22BrClN2O6/c1-3-36-20-10-8-19(9-11-20)31-26(33)21(25(32)30-27(31)34)12-17-13-22(28)24(23(14-17)35-2)37-15-16-4-6-18(29)7-5-16/h4-14H,3,15H2,1-2H3,(H,30,32,34)/b21-12-. The second-order valence-electron chi connectivity index (χ2n) is 7.83. The maximum absolute atomic E-state index is 13.2. The first kappa shape index (κ1) is 26.2. The molecule has 8 nitrogen and oxygen atoms in total. The molecule has 0 saturated carbocycles. The summed E-state index contributed by atoms with van der Waals surface area (Å²) in [6.07, 6.45) is 1.39. The van der Waals surface area contributed by atoms with Crippen molar-refractivity contribution in [2.75, 3.05) is 18.6 Å². The van der Waals surface area contributed by atoms with Gasteiger partial charge < -0.3 is 14.2 Å².